The second-order valence-corrected chi connectivity index (χ2v) is 8.08. The van der Waals surface area contributed by atoms with Crippen LogP contribution in [0.5, 0.6) is 0 Å². The minimum atomic E-state index is -9.58. The maximum Gasteiger partial charge on any atom is 0.460 e. The zero-order valence-corrected chi connectivity index (χ0v) is 18.4. The van der Waals surface area contributed by atoms with Crippen LogP contribution in [0.1, 0.15) is 13.3 Å². The summed E-state index contributed by atoms with van der Waals surface area (Å²) < 4.78 is 331. The number of halogens is 25. The van der Waals surface area contributed by atoms with Gasteiger partial charge in [-0.25, -0.2) is 0 Å². The average molecular weight is 674 g/mol. The molecule has 0 unspecified atom stereocenters. The molecule has 0 aromatic rings. The molecule has 0 bridgehead atoms. The van der Waals surface area contributed by atoms with E-state index >= 15 is 0 Å². The molecule has 0 saturated carbocycles. The Morgan fingerprint density at radius 2 is 0.512 bits per heavy atom. The quantitative estimate of drug-likeness (QED) is 0.143. The highest BCUT2D eigenvalue weighted by molar-refractivity contribution is 5.20. The van der Waals surface area contributed by atoms with Gasteiger partial charge in [0.15, 0.2) is 0 Å². The van der Waals surface area contributed by atoms with Crippen molar-refractivity contribution in [3.8, 4) is 0 Å². The number of rotatable bonds is 12. The van der Waals surface area contributed by atoms with E-state index in [0.717, 1.165) is 0 Å². The predicted molar refractivity (Wildman–Crippen MR) is 79.9 cm³/mol. The normalized spacial score (nSPS) is 16.7. The Morgan fingerprint density at radius 1 is 0.341 bits per heavy atom. The highest BCUT2D eigenvalue weighted by Gasteiger charge is 2.99. The molecule has 25 heteroatoms. The van der Waals surface area contributed by atoms with E-state index in [4.69, 9.17) is 0 Å². The lowest BCUT2D eigenvalue weighted by Crippen LogP contribution is -2.78. The van der Waals surface area contributed by atoms with Crippen LogP contribution >= 0.6 is 0 Å². The van der Waals surface area contributed by atoms with Crippen LogP contribution in [0, 0.1) is 0 Å². The van der Waals surface area contributed by atoms with Crippen molar-refractivity contribution in [1.82, 2.24) is 0 Å². The molecule has 0 heterocycles. The second kappa shape index (κ2) is 9.49. The summed E-state index contributed by atoms with van der Waals surface area (Å²) in [7, 11) is 0. The van der Waals surface area contributed by atoms with E-state index in [-0.39, 0.29) is 6.92 Å². The van der Waals surface area contributed by atoms with Crippen molar-refractivity contribution in [2.24, 2.45) is 0 Å². The van der Waals surface area contributed by atoms with Crippen molar-refractivity contribution in [1.29, 1.82) is 0 Å². The molecular weight excluding hydrogens is 667 g/mol. The number of allylic oxidation sites excluding steroid dienone is 1. The van der Waals surface area contributed by atoms with Crippen molar-refractivity contribution < 1.29 is 110 Å². The first-order valence-corrected chi connectivity index (χ1v) is 9.04. The minimum Gasteiger partial charge on any atom is -0.199 e. The highest BCUT2D eigenvalue weighted by atomic mass is 19.4. The fourth-order valence-electron chi connectivity index (χ4n) is 2.48. The summed E-state index contributed by atoms with van der Waals surface area (Å²) in [5.41, 5.74) is -1.38. The van der Waals surface area contributed by atoms with Crippen LogP contribution in [0.4, 0.5) is 110 Å². The topological polar surface area (TPSA) is 0 Å². The van der Waals surface area contributed by atoms with Gasteiger partial charge in [-0.05, 0) is 6.92 Å². The van der Waals surface area contributed by atoms with E-state index in [1.807, 2.05) is 0 Å². The van der Waals surface area contributed by atoms with E-state index in [1.54, 1.807) is 0 Å². The third kappa shape index (κ3) is 4.73. The Hall–Kier alpha value is -2.01. The highest BCUT2D eigenvalue weighted by Crippen LogP contribution is 2.67. The van der Waals surface area contributed by atoms with E-state index < -0.39 is 83.3 Å². The van der Waals surface area contributed by atoms with Gasteiger partial charge in [0.1, 0.15) is 0 Å². The monoisotopic (exact) mass is 674 g/mol. The van der Waals surface area contributed by atoms with Gasteiger partial charge in [0, 0.05) is 6.42 Å². The molecule has 0 atom stereocenters. The van der Waals surface area contributed by atoms with E-state index in [2.05, 4.69) is 6.58 Å². The summed E-state index contributed by atoms with van der Waals surface area (Å²) in [5, 5.41) is 0. The van der Waals surface area contributed by atoms with Gasteiger partial charge < -0.3 is 0 Å². The second-order valence-electron chi connectivity index (χ2n) is 8.08. The maximum absolute atomic E-state index is 13.6. The van der Waals surface area contributed by atoms with Crippen LogP contribution in [0.2, 0.25) is 0 Å². The van der Waals surface area contributed by atoms with Crippen LogP contribution in [-0.2, 0) is 0 Å². The Labute approximate surface area is 208 Å². The average Bonchev–Trinajstić information content (AvgIpc) is 2.70. The molecule has 0 aliphatic heterocycles. The van der Waals surface area contributed by atoms with Gasteiger partial charge in [0.25, 0.3) is 0 Å². The van der Waals surface area contributed by atoms with Gasteiger partial charge in [-0.1, -0.05) is 12.2 Å². The van der Waals surface area contributed by atoms with E-state index in [0.29, 0.717) is 0 Å². The SMILES string of the molecule is C=C(C)CC(F)(F)C(F)(F)C(F)(F)C(F)(F)C(F)(F)C(F)(F)C(F)(F)C(F)(F)C(F)(F)C(F)(F)C(F)(F)C(F)(F)F. The number of hydrogen-bond donors (Lipinski definition) is 0. The molecule has 0 aromatic carbocycles. The molecule has 0 amide bonds. The van der Waals surface area contributed by atoms with Crippen molar-refractivity contribution in [2.75, 3.05) is 0 Å². The third-order valence-corrected chi connectivity index (χ3v) is 4.89. The smallest absolute Gasteiger partial charge is 0.199 e. The van der Waals surface area contributed by atoms with Gasteiger partial charge >= 0.3 is 71.3 Å². The molecule has 0 aromatic heterocycles. The first-order chi connectivity index (χ1) is 17.2. The summed E-state index contributed by atoms with van der Waals surface area (Å²) in [5.74, 6) is -98.0. The lowest BCUT2D eigenvalue weighted by molar-refractivity contribution is -0.482. The number of alkyl halides is 25. The first kappa shape index (κ1) is 39.0. The Morgan fingerprint density at radius 3 is 0.683 bits per heavy atom. The standard InChI is InChI=1S/C16H7F25/c1-4(2)3-5(17,18)6(19,20)7(21,22)8(23,24)9(25,26)10(27,28)11(29,30)12(31,32)13(33,34)14(35,36)15(37,38)16(39,40)41/h1,3H2,2H3. The largest absolute Gasteiger partial charge is 0.460 e. The summed E-state index contributed by atoms with van der Waals surface area (Å²) in [6.07, 6.45) is -11.1. The van der Waals surface area contributed by atoms with Gasteiger partial charge in [0.05, 0.1) is 0 Å². The molecule has 0 aliphatic rings. The van der Waals surface area contributed by atoms with E-state index in [1.165, 1.54) is 0 Å². The fraction of sp³-hybridized carbons (Fsp3) is 0.875. The molecule has 0 rings (SSSR count). The minimum absolute atomic E-state index is 0.240. The molecular formula is C16H7F25. The Kier molecular flexibility index (Phi) is 9.03. The molecule has 0 fully saturated rings. The van der Waals surface area contributed by atoms with Gasteiger partial charge in [0.2, 0.25) is 0 Å². The molecule has 41 heavy (non-hydrogen) atoms. The molecule has 0 spiro atoms. The van der Waals surface area contributed by atoms with Crippen LogP contribution in [0.3, 0.4) is 0 Å². The lowest BCUT2D eigenvalue weighted by atomic mass is 9.84. The molecule has 0 N–H and O–H groups in total. The molecule has 0 radical (unpaired) electrons. The van der Waals surface area contributed by atoms with Crippen molar-refractivity contribution in [3.63, 3.8) is 0 Å². The third-order valence-electron chi connectivity index (χ3n) is 4.89. The predicted octanol–water partition coefficient (Wildman–Crippen LogP) is 9.50. The zero-order chi connectivity index (χ0) is 34.3. The summed E-state index contributed by atoms with van der Waals surface area (Å²) in [4.78, 5) is 0. The van der Waals surface area contributed by atoms with Crippen LogP contribution in [0.15, 0.2) is 12.2 Å². The van der Waals surface area contributed by atoms with Crippen LogP contribution < -0.4 is 0 Å². The van der Waals surface area contributed by atoms with Gasteiger partial charge in [-0.2, -0.15) is 110 Å². The molecule has 0 nitrogen and oxygen atoms in total. The van der Waals surface area contributed by atoms with Crippen LogP contribution in [-0.4, -0.2) is 71.3 Å². The summed E-state index contributed by atoms with van der Waals surface area (Å²) >= 11 is 0. The van der Waals surface area contributed by atoms with Crippen LogP contribution in [0.25, 0.3) is 0 Å². The summed E-state index contributed by atoms with van der Waals surface area (Å²) in [6.45, 7) is 2.61. The lowest BCUT2D eigenvalue weighted by Gasteiger charge is -2.45. The first-order valence-electron chi connectivity index (χ1n) is 9.04. The van der Waals surface area contributed by atoms with Crippen molar-refractivity contribution in [3.05, 3.63) is 12.2 Å². The molecule has 0 aliphatic carbocycles. The van der Waals surface area contributed by atoms with Gasteiger partial charge in [-0.3, -0.25) is 0 Å². The van der Waals surface area contributed by atoms with E-state index in [9.17, 15) is 110 Å². The van der Waals surface area contributed by atoms with Gasteiger partial charge in [-0.15, -0.1) is 0 Å². The number of hydrogen-bond acceptors (Lipinski definition) is 0. The Balaban J connectivity index is 7.33. The zero-order valence-electron chi connectivity index (χ0n) is 18.4. The van der Waals surface area contributed by atoms with Crippen molar-refractivity contribution >= 4 is 0 Å². The maximum atomic E-state index is 13.6. The molecule has 246 valence electrons. The Bertz CT molecular complexity index is 978. The molecule has 0 saturated heterocycles. The summed E-state index contributed by atoms with van der Waals surface area (Å²) in [6, 6.07) is 0. The van der Waals surface area contributed by atoms with Crippen molar-refractivity contribution in [2.45, 2.75) is 84.7 Å². The fourth-order valence-corrected chi connectivity index (χ4v) is 2.48.